The molecule has 0 atom stereocenters. The number of halogens is 2. The number of benzene rings is 1. The number of aromatic nitrogens is 3. The van der Waals surface area contributed by atoms with E-state index in [2.05, 4.69) is 15.5 Å². The van der Waals surface area contributed by atoms with Gasteiger partial charge in [0.2, 0.25) is 11.0 Å². The maximum Gasteiger partial charge on any atom is 0.250 e. The fourth-order valence-electron chi connectivity index (χ4n) is 2.17. The van der Waals surface area contributed by atoms with E-state index >= 15 is 0 Å². The zero-order chi connectivity index (χ0) is 19.2. The molecule has 2 heterocycles. The zero-order valence-corrected chi connectivity index (χ0v) is 17.0. The number of rotatable bonds is 7. The minimum Gasteiger partial charge on any atom is -0.315 e. The molecule has 10 heteroatoms. The van der Waals surface area contributed by atoms with Crippen molar-refractivity contribution in [2.45, 2.75) is 23.1 Å². The van der Waals surface area contributed by atoms with Crippen molar-refractivity contribution >= 4 is 57.3 Å². The van der Waals surface area contributed by atoms with Crippen molar-refractivity contribution in [3.8, 4) is 0 Å². The van der Waals surface area contributed by atoms with Gasteiger partial charge in [0.1, 0.15) is 0 Å². The maximum absolute atomic E-state index is 12.0. The number of pyridine rings is 1. The predicted molar refractivity (Wildman–Crippen MR) is 110 cm³/mol. The van der Waals surface area contributed by atoms with Crippen molar-refractivity contribution in [1.29, 1.82) is 0 Å². The lowest BCUT2D eigenvalue weighted by molar-refractivity contribution is -0.116. The van der Waals surface area contributed by atoms with Gasteiger partial charge in [-0.3, -0.25) is 9.59 Å². The van der Waals surface area contributed by atoms with Gasteiger partial charge in [-0.15, -0.1) is 10.2 Å². The number of nitrogens with zero attached hydrogens (tertiary/aromatic N) is 3. The van der Waals surface area contributed by atoms with Crippen molar-refractivity contribution < 1.29 is 4.79 Å². The normalized spacial score (nSPS) is 10.7. The Morgan fingerprint density at radius 2 is 1.93 bits per heavy atom. The van der Waals surface area contributed by atoms with Crippen LogP contribution in [0.15, 0.2) is 51.7 Å². The quantitative estimate of drug-likeness (QED) is 0.436. The smallest absolute Gasteiger partial charge is 0.250 e. The van der Waals surface area contributed by atoms with Gasteiger partial charge in [0.15, 0.2) is 4.34 Å². The van der Waals surface area contributed by atoms with Crippen LogP contribution in [-0.2, 0) is 17.1 Å². The van der Waals surface area contributed by atoms with Gasteiger partial charge in [-0.2, -0.15) is 0 Å². The highest BCUT2D eigenvalue weighted by atomic mass is 35.5. The molecule has 0 radical (unpaired) electrons. The van der Waals surface area contributed by atoms with Crippen molar-refractivity contribution in [2.75, 3.05) is 5.32 Å². The van der Waals surface area contributed by atoms with E-state index in [9.17, 15) is 9.59 Å². The molecular weight excluding hydrogens is 427 g/mol. The van der Waals surface area contributed by atoms with Crippen molar-refractivity contribution in [2.24, 2.45) is 0 Å². The van der Waals surface area contributed by atoms with Crippen LogP contribution in [0.5, 0.6) is 0 Å². The molecule has 140 valence electrons. The SMILES string of the molecule is O=C(CCn1ccccc1=O)Nc1nnc(SCc2c(Cl)cccc2Cl)s1. The highest BCUT2D eigenvalue weighted by Gasteiger charge is 2.11. The number of carbonyl (C=O) groups excluding carboxylic acids is 1. The molecule has 0 unspecified atom stereocenters. The van der Waals surface area contributed by atoms with Crippen LogP contribution < -0.4 is 10.9 Å². The summed E-state index contributed by atoms with van der Waals surface area (Å²) in [6, 6.07) is 10.2. The third kappa shape index (κ3) is 5.55. The molecule has 0 spiro atoms. The highest BCUT2D eigenvalue weighted by Crippen LogP contribution is 2.33. The van der Waals surface area contributed by atoms with E-state index in [0.717, 1.165) is 5.56 Å². The molecule has 3 rings (SSSR count). The number of hydrogen-bond donors (Lipinski definition) is 1. The summed E-state index contributed by atoms with van der Waals surface area (Å²) in [4.78, 5) is 23.7. The summed E-state index contributed by atoms with van der Waals surface area (Å²) >= 11 is 15.0. The number of nitrogens with one attached hydrogen (secondary N) is 1. The lowest BCUT2D eigenvalue weighted by Crippen LogP contribution is -2.21. The van der Waals surface area contributed by atoms with Gasteiger partial charge in [0, 0.05) is 41.0 Å². The minimum absolute atomic E-state index is 0.141. The van der Waals surface area contributed by atoms with Crippen molar-refractivity contribution in [1.82, 2.24) is 14.8 Å². The Bertz CT molecular complexity index is 986. The molecule has 1 N–H and O–H groups in total. The predicted octanol–water partition coefficient (Wildman–Crippen LogP) is 4.33. The first-order valence-corrected chi connectivity index (χ1v) is 10.4. The molecule has 0 fully saturated rings. The first-order valence-electron chi connectivity index (χ1n) is 7.87. The molecule has 0 aliphatic carbocycles. The largest absolute Gasteiger partial charge is 0.315 e. The van der Waals surface area contributed by atoms with Crippen LogP contribution in [0.3, 0.4) is 0 Å². The lowest BCUT2D eigenvalue weighted by Gasteiger charge is -2.04. The first kappa shape index (κ1) is 19.9. The van der Waals surface area contributed by atoms with Crippen LogP contribution in [0.4, 0.5) is 5.13 Å². The van der Waals surface area contributed by atoms with Gasteiger partial charge in [0.05, 0.1) is 0 Å². The number of thioether (sulfide) groups is 1. The molecular formula is C17H14Cl2N4O2S2. The second-order valence-corrected chi connectivity index (χ2v) is 8.41. The Labute approximate surface area is 173 Å². The summed E-state index contributed by atoms with van der Waals surface area (Å²) in [5.74, 6) is 0.325. The van der Waals surface area contributed by atoms with Gasteiger partial charge in [-0.25, -0.2) is 0 Å². The van der Waals surface area contributed by atoms with Crippen LogP contribution in [0, 0.1) is 0 Å². The van der Waals surface area contributed by atoms with Gasteiger partial charge < -0.3 is 9.88 Å². The van der Waals surface area contributed by atoms with Gasteiger partial charge >= 0.3 is 0 Å². The summed E-state index contributed by atoms with van der Waals surface area (Å²) in [5, 5.41) is 12.3. The molecule has 27 heavy (non-hydrogen) atoms. The maximum atomic E-state index is 12.0. The molecule has 1 amide bonds. The zero-order valence-electron chi connectivity index (χ0n) is 13.9. The van der Waals surface area contributed by atoms with Crippen LogP contribution in [-0.4, -0.2) is 20.7 Å². The molecule has 1 aromatic carbocycles. The summed E-state index contributed by atoms with van der Waals surface area (Å²) in [7, 11) is 0. The summed E-state index contributed by atoms with van der Waals surface area (Å²) < 4.78 is 2.18. The number of hydrogen-bond acceptors (Lipinski definition) is 6. The highest BCUT2D eigenvalue weighted by molar-refractivity contribution is 8.00. The third-order valence-electron chi connectivity index (χ3n) is 3.53. The van der Waals surface area contributed by atoms with Crippen LogP contribution in [0.2, 0.25) is 10.0 Å². The molecule has 0 saturated heterocycles. The molecule has 0 aliphatic heterocycles. The van der Waals surface area contributed by atoms with Gasteiger partial charge in [-0.05, 0) is 23.8 Å². The average Bonchev–Trinajstić information content (AvgIpc) is 3.08. The molecule has 2 aromatic heterocycles. The molecule has 0 aliphatic rings. The topological polar surface area (TPSA) is 76.9 Å². The summed E-state index contributed by atoms with van der Waals surface area (Å²) in [5.41, 5.74) is 0.693. The lowest BCUT2D eigenvalue weighted by atomic mass is 10.2. The van der Waals surface area contributed by atoms with E-state index < -0.39 is 0 Å². The molecule has 6 nitrogen and oxygen atoms in total. The molecule has 0 saturated carbocycles. The van der Waals surface area contributed by atoms with Crippen LogP contribution in [0.1, 0.15) is 12.0 Å². The van der Waals surface area contributed by atoms with E-state index in [1.165, 1.54) is 33.7 Å². The monoisotopic (exact) mass is 440 g/mol. The van der Waals surface area contributed by atoms with Crippen LogP contribution >= 0.6 is 46.3 Å². The number of carbonyl (C=O) groups is 1. The van der Waals surface area contributed by atoms with Crippen LogP contribution in [0.25, 0.3) is 0 Å². The fourth-order valence-corrected chi connectivity index (χ4v) is 4.68. The second kappa shape index (κ2) is 9.36. The Morgan fingerprint density at radius 3 is 2.67 bits per heavy atom. The summed E-state index contributed by atoms with van der Waals surface area (Å²) in [6.07, 6.45) is 1.82. The Kier molecular flexibility index (Phi) is 6.89. The number of amides is 1. The van der Waals surface area contributed by atoms with E-state index in [1.807, 2.05) is 0 Å². The molecule has 3 aromatic rings. The Morgan fingerprint density at radius 1 is 1.15 bits per heavy atom. The standard InChI is InChI=1S/C17H14Cl2N4O2S2/c18-12-4-3-5-13(19)11(12)10-26-17-22-21-16(27-17)20-14(24)7-9-23-8-2-1-6-15(23)25/h1-6,8H,7,9-10H2,(H,20,21,24). The Balaban J connectivity index is 1.52. The van der Waals surface area contributed by atoms with Gasteiger partial charge in [-0.1, -0.05) is 58.4 Å². The van der Waals surface area contributed by atoms with E-state index in [0.29, 0.717) is 31.8 Å². The van der Waals surface area contributed by atoms with Crippen molar-refractivity contribution in [3.05, 3.63) is 68.6 Å². The average molecular weight is 441 g/mol. The van der Waals surface area contributed by atoms with Gasteiger partial charge in [0.25, 0.3) is 5.56 Å². The number of aryl methyl sites for hydroxylation is 1. The fraction of sp³-hybridized carbons (Fsp3) is 0.176. The second-order valence-electron chi connectivity index (χ2n) is 5.39. The van der Waals surface area contributed by atoms with E-state index in [-0.39, 0.29) is 17.9 Å². The first-order chi connectivity index (χ1) is 13.0. The van der Waals surface area contributed by atoms with Crippen molar-refractivity contribution in [3.63, 3.8) is 0 Å². The van der Waals surface area contributed by atoms with E-state index in [4.69, 9.17) is 23.2 Å². The Hall–Kier alpha value is -1.87. The third-order valence-corrected chi connectivity index (χ3v) is 6.24. The molecule has 0 bridgehead atoms. The van der Waals surface area contributed by atoms with E-state index in [1.54, 1.807) is 36.5 Å². The number of anilines is 1. The summed E-state index contributed by atoms with van der Waals surface area (Å²) in [6.45, 7) is 0.303. The minimum atomic E-state index is -0.229.